The quantitative estimate of drug-likeness (QED) is 0.908. The molecule has 3 rings (SSSR count). The lowest BCUT2D eigenvalue weighted by molar-refractivity contribution is 0.102. The van der Waals surface area contributed by atoms with E-state index in [2.05, 4.69) is 37.9 Å². The molecule has 0 spiro atoms. The minimum Gasteiger partial charge on any atom is -0.314 e. The highest BCUT2D eigenvalue weighted by Gasteiger charge is 2.35. The van der Waals surface area contributed by atoms with E-state index in [1.54, 1.807) is 4.88 Å². The van der Waals surface area contributed by atoms with Crippen LogP contribution in [-0.2, 0) is 12.0 Å². The lowest BCUT2D eigenvalue weighted by Gasteiger charge is -2.39. The first-order chi connectivity index (χ1) is 9.48. The fourth-order valence-electron chi connectivity index (χ4n) is 3.64. The number of nitrogens with zero attached hydrogens (tertiary/aromatic N) is 2. The maximum atomic E-state index is 5.05. The highest BCUT2D eigenvalue weighted by Crippen LogP contribution is 2.41. The first kappa shape index (κ1) is 14.5. The number of nitrogens with one attached hydrogen (secondary N) is 1. The molecule has 0 radical (unpaired) electrons. The molecule has 1 N–H and O–H groups in total. The van der Waals surface area contributed by atoms with Crippen molar-refractivity contribution in [1.82, 2.24) is 15.2 Å². The zero-order valence-corrected chi connectivity index (χ0v) is 14.0. The van der Waals surface area contributed by atoms with Gasteiger partial charge in [-0.1, -0.05) is 13.8 Å². The van der Waals surface area contributed by atoms with Gasteiger partial charge in [-0.2, -0.15) is 0 Å². The fraction of sp³-hybridized carbons (Fsp3) is 0.812. The van der Waals surface area contributed by atoms with Crippen LogP contribution in [-0.4, -0.2) is 36.1 Å². The van der Waals surface area contributed by atoms with Crippen molar-refractivity contribution in [3.05, 3.63) is 15.6 Å². The summed E-state index contributed by atoms with van der Waals surface area (Å²) < 4.78 is 0. The molecule has 1 aromatic rings. The molecule has 2 heterocycles. The summed E-state index contributed by atoms with van der Waals surface area (Å²) in [4.78, 5) is 9.20. The van der Waals surface area contributed by atoms with Gasteiger partial charge in [0.2, 0.25) is 0 Å². The Morgan fingerprint density at radius 1 is 1.25 bits per heavy atom. The third-order valence-electron chi connectivity index (χ3n) is 4.90. The average molecular weight is 293 g/mol. The lowest BCUT2D eigenvalue weighted by atomic mass is 9.86. The molecule has 20 heavy (non-hydrogen) atoms. The molecule has 2 atom stereocenters. The minimum atomic E-state index is 0.0765. The number of thiazole rings is 1. The molecule has 1 aliphatic carbocycles. The first-order valence-corrected chi connectivity index (χ1v) is 8.76. The van der Waals surface area contributed by atoms with E-state index >= 15 is 0 Å². The van der Waals surface area contributed by atoms with Crippen LogP contribution in [0.5, 0.6) is 0 Å². The van der Waals surface area contributed by atoms with Crippen molar-refractivity contribution in [3.8, 4) is 0 Å². The number of piperazine rings is 1. The van der Waals surface area contributed by atoms with Gasteiger partial charge in [-0.3, -0.25) is 4.90 Å². The summed E-state index contributed by atoms with van der Waals surface area (Å²) in [5.41, 5.74) is 1.46. The Labute approximate surface area is 126 Å². The van der Waals surface area contributed by atoms with Gasteiger partial charge in [-0.05, 0) is 38.5 Å². The van der Waals surface area contributed by atoms with Crippen LogP contribution >= 0.6 is 11.3 Å². The Balaban J connectivity index is 1.88. The highest BCUT2D eigenvalue weighted by atomic mass is 32.1. The van der Waals surface area contributed by atoms with Crippen LogP contribution in [0.4, 0.5) is 0 Å². The second-order valence-electron chi connectivity index (χ2n) is 7.07. The normalized spacial score (nSPS) is 28.4. The van der Waals surface area contributed by atoms with Crippen molar-refractivity contribution in [2.45, 2.75) is 52.0 Å². The Hall–Kier alpha value is -0.450. The highest BCUT2D eigenvalue weighted by molar-refractivity contribution is 7.12. The second-order valence-corrected chi connectivity index (χ2v) is 8.10. The Morgan fingerprint density at radius 2 is 1.95 bits per heavy atom. The summed E-state index contributed by atoms with van der Waals surface area (Å²) in [5.74, 6) is 1.48. The van der Waals surface area contributed by atoms with Gasteiger partial charge >= 0.3 is 0 Å². The predicted molar refractivity (Wildman–Crippen MR) is 85.5 cm³/mol. The molecular formula is C16H27N3S. The molecular weight excluding hydrogens is 266 g/mol. The molecule has 3 nitrogen and oxygen atoms in total. The van der Waals surface area contributed by atoms with Gasteiger partial charge in [-0.15, -0.1) is 11.3 Å². The molecule has 0 saturated carbocycles. The summed E-state index contributed by atoms with van der Waals surface area (Å²) in [6.45, 7) is 13.9. The van der Waals surface area contributed by atoms with Gasteiger partial charge in [0.05, 0.1) is 11.2 Å². The zero-order valence-electron chi connectivity index (χ0n) is 13.2. The van der Waals surface area contributed by atoms with Crippen molar-refractivity contribution < 1.29 is 0 Å². The Bertz CT molecular complexity index is 474. The van der Waals surface area contributed by atoms with Gasteiger partial charge in [-0.25, -0.2) is 4.98 Å². The van der Waals surface area contributed by atoms with Crippen molar-refractivity contribution in [2.75, 3.05) is 26.2 Å². The SMILES string of the molecule is CC1Cc2nc(C(C)(C)N3CCNCC3)sc2C(C)C1. The largest absolute Gasteiger partial charge is 0.314 e. The van der Waals surface area contributed by atoms with Gasteiger partial charge in [0.1, 0.15) is 5.01 Å². The Morgan fingerprint density at radius 3 is 2.65 bits per heavy atom. The molecule has 1 aliphatic heterocycles. The molecule has 0 aromatic carbocycles. The zero-order chi connectivity index (χ0) is 14.3. The standard InChI is InChI=1S/C16H27N3S/c1-11-9-12(2)14-13(10-11)18-15(20-14)16(3,4)19-7-5-17-6-8-19/h11-12,17H,5-10H2,1-4H3. The molecule has 2 unspecified atom stereocenters. The van der Waals surface area contributed by atoms with Crippen LogP contribution in [0.3, 0.4) is 0 Å². The van der Waals surface area contributed by atoms with E-state index in [0.29, 0.717) is 5.92 Å². The van der Waals surface area contributed by atoms with Gasteiger partial charge in [0, 0.05) is 31.1 Å². The van der Waals surface area contributed by atoms with E-state index in [9.17, 15) is 0 Å². The van der Waals surface area contributed by atoms with Crippen LogP contribution in [0.1, 0.15) is 55.6 Å². The Kier molecular flexibility index (Phi) is 3.91. The first-order valence-electron chi connectivity index (χ1n) is 7.94. The summed E-state index contributed by atoms with van der Waals surface area (Å²) in [6.07, 6.45) is 2.50. The molecule has 1 fully saturated rings. The number of hydrogen-bond acceptors (Lipinski definition) is 4. The maximum Gasteiger partial charge on any atom is 0.113 e. The van der Waals surface area contributed by atoms with Crippen LogP contribution < -0.4 is 5.32 Å². The number of rotatable bonds is 2. The molecule has 0 amide bonds. The summed E-state index contributed by atoms with van der Waals surface area (Å²) in [7, 11) is 0. The van der Waals surface area contributed by atoms with E-state index < -0.39 is 0 Å². The topological polar surface area (TPSA) is 28.2 Å². The number of aromatic nitrogens is 1. The molecule has 1 aromatic heterocycles. The van der Waals surface area contributed by atoms with Crippen LogP contribution in [0.25, 0.3) is 0 Å². The van der Waals surface area contributed by atoms with E-state index in [0.717, 1.165) is 32.1 Å². The van der Waals surface area contributed by atoms with Gasteiger partial charge in [0.15, 0.2) is 0 Å². The van der Waals surface area contributed by atoms with Crippen LogP contribution in [0, 0.1) is 5.92 Å². The second kappa shape index (κ2) is 5.39. The smallest absolute Gasteiger partial charge is 0.113 e. The van der Waals surface area contributed by atoms with E-state index in [4.69, 9.17) is 4.98 Å². The summed E-state index contributed by atoms with van der Waals surface area (Å²) >= 11 is 1.97. The molecule has 0 bridgehead atoms. The van der Waals surface area contributed by atoms with E-state index in [1.165, 1.54) is 23.5 Å². The predicted octanol–water partition coefficient (Wildman–Crippen LogP) is 2.97. The fourth-order valence-corrected chi connectivity index (χ4v) is 4.93. The average Bonchev–Trinajstić information content (AvgIpc) is 2.84. The maximum absolute atomic E-state index is 5.05. The van der Waals surface area contributed by atoms with E-state index in [-0.39, 0.29) is 5.54 Å². The molecule has 4 heteroatoms. The lowest BCUT2D eigenvalue weighted by Crippen LogP contribution is -2.51. The van der Waals surface area contributed by atoms with Gasteiger partial charge in [0.25, 0.3) is 0 Å². The third-order valence-corrected chi connectivity index (χ3v) is 6.55. The van der Waals surface area contributed by atoms with Crippen molar-refractivity contribution in [2.24, 2.45) is 5.92 Å². The van der Waals surface area contributed by atoms with E-state index in [1.807, 2.05) is 11.3 Å². The van der Waals surface area contributed by atoms with Gasteiger partial charge < -0.3 is 5.32 Å². The number of fused-ring (bicyclic) bond motifs is 1. The number of hydrogen-bond donors (Lipinski definition) is 1. The minimum absolute atomic E-state index is 0.0765. The molecule has 2 aliphatic rings. The molecule has 1 saturated heterocycles. The summed E-state index contributed by atoms with van der Waals surface area (Å²) in [6, 6.07) is 0. The van der Waals surface area contributed by atoms with Crippen molar-refractivity contribution >= 4 is 11.3 Å². The summed E-state index contributed by atoms with van der Waals surface area (Å²) in [5, 5.41) is 4.77. The van der Waals surface area contributed by atoms with Crippen LogP contribution in [0.2, 0.25) is 0 Å². The third kappa shape index (κ3) is 2.53. The van der Waals surface area contributed by atoms with Crippen LogP contribution in [0.15, 0.2) is 0 Å². The van der Waals surface area contributed by atoms with Crippen molar-refractivity contribution in [3.63, 3.8) is 0 Å². The molecule has 112 valence electrons. The van der Waals surface area contributed by atoms with Crippen molar-refractivity contribution in [1.29, 1.82) is 0 Å². The monoisotopic (exact) mass is 293 g/mol.